The van der Waals surface area contributed by atoms with Gasteiger partial charge in [0.2, 0.25) is 12.7 Å². The fourth-order valence-electron chi connectivity index (χ4n) is 3.01. The number of nitrogens with one attached hydrogen (secondary N) is 1. The van der Waals surface area contributed by atoms with Gasteiger partial charge in [0, 0.05) is 25.4 Å². The van der Waals surface area contributed by atoms with Crippen molar-refractivity contribution >= 4 is 17.8 Å². The molecular weight excluding hydrogens is 332 g/mol. The second-order valence-corrected chi connectivity index (χ2v) is 6.19. The van der Waals surface area contributed by atoms with Crippen LogP contribution in [0.15, 0.2) is 36.5 Å². The van der Waals surface area contributed by atoms with Gasteiger partial charge in [-0.1, -0.05) is 6.07 Å². The van der Waals surface area contributed by atoms with Crippen LogP contribution in [0.3, 0.4) is 0 Å². The van der Waals surface area contributed by atoms with Crippen LogP contribution in [0.1, 0.15) is 24.2 Å². The summed E-state index contributed by atoms with van der Waals surface area (Å²) >= 11 is 0. The highest BCUT2D eigenvalue weighted by Gasteiger charge is 2.14. The topological polar surface area (TPSA) is 76.6 Å². The molecule has 2 aliphatic rings. The lowest BCUT2D eigenvalue weighted by Crippen LogP contribution is -2.23. The molecule has 1 amide bonds. The molecule has 134 valence electrons. The molecule has 3 heterocycles. The SMILES string of the molecule is O=C(/C=C/c1ccc2c(c1)OCO2)NCc1nccc(N2CCCC2)n1. The van der Waals surface area contributed by atoms with Crippen molar-refractivity contribution in [3.63, 3.8) is 0 Å². The van der Waals surface area contributed by atoms with E-state index in [1.807, 2.05) is 24.3 Å². The Bertz CT molecular complexity index is 831. The molecule has 2 aromatic rings. The van der Waals surface area contributed by atoms with E-state index in [0.29, 0.717) is 18.1 Å². The number of fused-ring (bicyclic) bond motifs is 1. The van der Waals surface area contributed by atoms with Gasteiger partial charge in [0.25, 0.3) is 0 Å². The van der Waals surface area contributed by atoms with Crippen molar-refractivity contribution in [3.05, 3.63) is 47.9 Å². The number of hydrogen-bond donors (Lipinski definition) is 1. The average molecular weight is 352 g/mol. The second-order valence-electron chi connectivity index (χ2n) is 6.19. The van der Waals surface area contributed by atoms with Gasteiger partial charge in [-0.2, -0.15) is 0 Å². The lowest BCUT2D eigenvalue weighted by atomic mass is 10.2. The van der Waals surface area contributed by atoms with Crippen LogP contribution < -0.4 is 19.7 Å². The summed E-state index contributed by atoms with van der Waals surface area (Å²) in [6.45, 7) is 2.59. The lowest BCUT2D eigenvalue weighted by molar-refractivity contribution is -0.116. The van der Waals surface area contributed by atoms with Gasteiger partial charge in [-0.05, 0) is 42.7 Å². The second kappa shape index (κ2) is 7.43. The molecule has 1 aromatic heterocycles. The van der Waals surface area contributed by atoms with Crippen molar-refractivity contribution < 1.29 is 14.3 Å². The summed E-state index contributed by atoms with van der Waals surface area (Å²) < 4.78 is 10.6. The molecular formula is C19H20N4O3. The third-order valence-electron chi connectivity index (χ3n) is 4.37. The standard InChI is InChI=1S/C19H20N4O3/c24-19(6-4-14-3-5-15-16(11-14)26-13-25-15)21-12-17-20-8-7-18(22-17)23-9-1-2-10-23/h3-8,11H,1-2,9-10,12-13H2,(H,21,24)/b6-4+. The Morgan fingerprint density at radius 1 is 1.19 bits per heavy atom. The molecule has 1 aromatic carbocycles. The predicted molar refractivity (Wildman–Crippen MR) is 96.9 cm³/mol. The fraction of sp³-hybridized carbons (Fsp3) is 0.316. The zero-order chi connectivity index (χ0) is 17.8. The van der Waals surface area contributed by atoms with Crippen molar-refractivity contribution in [1.82, 2.24) is 15.3 Å². The molecule has 7 heteroatoms. The summed E-state index contributed by atoms with van der Waals surface area (Å²) in [5, 5.41) is 2.81. The van der Waals surface area contributed by atoms with Gasteiger partial charge in [-0.15, -0.1) is 0 Å². The van der Waals surface area contributed by atoms with Crippen molar-refractivity contribution in [3.8, 4) is 11.5 Å². The van der Waals surface area contributed by atoms with E-state index in [1.165, 1.54) is 18.9 Å². The number of ether oxygens (including phenoxy) is 2. The molecule has 0 unspecified atom stereocenters. The fourth-order valence-corrected chi connectivity index (χ4v) is 3.01. The van der Waals surface area contributed by atoms with Crippen molar-refractivity contribution in [1.29, 1.82) is 0 Å². The van der Waals surface area contributed by atoms with Crippen LogP contribution in [0.5, 0.6) is 11.5 Å². The first-order valence-corrected chi connectivity index (χ1v) is 8.70. The molecule has 1 saturated heterocycles. The number of rotatable bonds is 5. The monoisotopic (exact) mass is 352 g/mol. The summed E-state index contributed by atoms with van der Waals surface area (Å²) in [5.41, 5.74) is 0.872. The smallest absolute Gasteiger partial charge is 0.244 e. The molecule has 2 aliphatic heterocycles. The largest absolute Gasteiger partial charge is 0.454 e. The van der Waals surface area contributed by atoms with Gasteiger partial charge in [-0.25, -0.2) is 9.97 Å². The van der Waals surface area contributed by atoms with Crippen molar-refractivity contribution in [2.45, 2.75) is 19.4 Å². The van der Waals surface area contributed by atoms with E-state index in [0.717, 1.165) is 30.2 Å². The number of aromatic nitrogens is 2. The Morgan fingerprint density at radius 3 is 2.92 bits per heavy atom. The third kappa shape index (κ3) is 3.77. The normalized spacial score (nSPS) is 15.6. The highest BCUT2D eigenvalue weighted by molar-refractivity contribution is 5.91. The molecule has 0 saturated carbocycles. The molecule has 4 rings (SSSR count). The summed E-state index contributed by atoms with van der Waals surface area (Å²) in [4.78, 5) is 23.1. The quantitative estimate of drug-likeness (QED) is 0.831. The summed E-state index contributed by atoms with van der Waals surface area (Å²) in [6, 6.07) is 7.46. The van der Waals surface area contributed by atoms with Gasteiger partial charge in [-0.3, -0.25) is 4.79 Å². The number of amides is 1. The highest BCUT2D eigenvalue weighted by atomic mass is 16.7. The molecule has 0 radical (unpaired) electrons. The predicted octanol–water partition coefficient (Wildman–Crippen LogP) is 2.14. The van der Waals surface area contributed by atoms with E-state index in [9.17, 15) is 4.79 Å². The first kappa shape index (κ1) is 16.4. The average Bonchev–Trinajstić information content (AvgIpc) is 3.36. The number of benzene rings is 1. The molecule has 0 bridgehead atoms. The third-order valence-corrected chi connectivity index (χ3v) is 4.37. The zero-order valence-electron chi connectivity index (χ0n) is 14.4. The van der Waals surface area contributed by atoms with Crippen molar-refractivity contribution in [2.24, 2.45) is 0 Å². The van der Waals surface area contributed by atoms with Gasteiger partial charge < -0.3 is 19.7 Å². The van der Waals surface area contributed by atoms with E-state index in [2.05, 4.69) is 20.2 Å². The zero-order valence-corrected chi connectivity index (χ0v) is 14.4. The Labute approximate surface area is 151 Å². The molecule has 1 N–H and O–H groups in total. The molecule has 1 fully saturated rings. The van der Waals surface area contributed by atoms with Crippen molar-refractivity contribution in [2.75, 3.05) is 24.8 Å². The van der Waals surface area contributed by atoms with E-state index >= 15 is 0 Å². The highest BCUT2D eigenvalue weighted by Crippen LogP contribution is 2.32. The Morgan fingerprint density at radius 2 is 2.04 bits per heavy atom. The number of carbonyl (C=O) groups is 1. The van der Waals surface area contributed by atoms with Gasteiger partial charge in [0.1, 0.15) is 11.6 Å². The minimum atomic E-state index is -0.196. The molecule has 0 atom stereocenters. The number of hydrogen-bond acceptors (Lipinski definition) is 6. The molecule has 0 spiro atoms. The van der Waals surface area contributed by atoms with E-state index in [-0.39, 0.29) is 12.7 Å². The maximum Gasteiger partial charge on any atom is 0.244 e. The van der Waals surface area contributed by atoms with Crippen LogP contribution >= 0.6 is 0 Å². The molecule has 7 nitrogen and oxygen atoms in total. The molecule has 26 heavy (non-hydrogen) atoms. The lowest BCUT2D eigenvalue weighted by Gasteiger charge is -2.16. The number of nitrogens with zero attached hydrogens (tertiary/aromatic N) is 3. The number of carbonyl (C=O) groups excluding carboxylic acids is 1. The minimum Gasteiger partial charge on any atom is -0.454 e. The van der Waals surface area contributed by atoms with Crippen LogP contribution in [-0.2, 0) is 11.3 Å². The van der Waals surface area contributed by atoms with Gasteiger partial charge in [0.15, 0.2) is 11.5 Å². The van der Waals surface area contributed by atoms with Crippen LogP contribution in [0.2, 0.25) is 0 Å². The Hall–Kier alpha value is -3.09. The van der Waals surface area contributed by atoms with Crippen LogP contribution in [0, 0.1) is 0 Å². The minimum absolute atomic E-state index is 0.196. The van der Waals surface area contributed by atoms with Crippen LogP contribution in [0.4, 0.5) is 5.82 Å². The Kier molecular flexibility index (Phi) is 4.68. The first-order valence-electron chi connectivity index (χ1n) is 8.70. The Balaban J connectivity index is 1.33. The summed E-state index contributed by atoms with van der Waals surface area (Å²) in [6.07, 6.45) is 7.35. The van der Waals surface area contributed by atoms with Crippen LogP contribution in [0.25, 0.3) is 6.08 Å². The van der Waals surface area contributed by atoms with Gasteiger partial charge >= 0.3 is 0 Å². The first-order chi connectivity index (χ1) is 12.8. The van der Waals surface area contributed by atoms with E-state index in [4.69, 9.17) is 9.47 Å². The maximum atomic E-state index is 12.0. The van der Waals surface area contributed by atoms with E-state index in [1.54, 1.807) is 12.3 Å². The van der Waals surface area contributed by atoms with Crippen LogP contribution in [-0.4, -0.2) is 35.8 Å². The number of anilines is 1. The van der Waals surface area contributed by atoms with E-state index < -0.39 is 0 Å². The molecule has 0 aliphatic carbocycles. The summed E-state index contributed by atoms with van der Waals surface area (Å²) in [5.74, 6) is 2.76. The summed E-state index contributed by atoms with van der Waals surface area (Å²) in [7, 11) is 0. The van der Waals surface area contributed by atoms with Gasteiger partial charge in [0.05, 0.1) is 6.54 Å². The maximum absolute atomic E-state index is 12.0.